The third-order valence-electron chi connectivity index (χ3n) is 3.51. The third-order valence-corrected chi connectivity index (χ3v) is 4.03. The maximum atomic E-state index is 6.00. The van der Waals surface area contributed by atoms with Crippen LogP contribution in [0.5, 0.6) is 0 Å². The quantitative estimate of drug-likeness (QED) is 0.724. The van der Waals surface area contributed by atoms with E-state index in [1.54, 1.807) is 0 Å². The molecule has 0 amide bonds. The molecule has 2 aromatic rings. The largest absolute Gasteiger partial charge is 0.383 e. The minimum atomic E-state index is 0.568. The molecule has 0 bridgehead atoms. The number of hydrogen-bond acceptors (Lipinski definition) is 4. The summed E-state index contributed by atoms with van der Waals surface area (Å²) < 4.78 is 2.85. The highest BCUT2D eigenvalue weighted by Crippen LogP contribution is 2.31. The van der Waals surface area contributed by atoms with Gasteiger partial charge in [0, 0.05) is 7.05 Å². The summed E-state index contributed by atoms with van der Waals surface area (Å²) in [6.45, 7) is 0. The number of nitrogens with two attached hydrogens (primary N) is 1. The lowest BCUT2D eigenvalue weighted by Gasteiger charge is -2.20. The van der Waals surface area contributed by atoms with E-state index < -0.39 is 0 Å². The molecule has 4 nitrogen and oxygen atoms in total. The van der Waals surface area contributed by atoms with Crippen molar-refractivity contribution in [2.75, 3.05) is 5.73 Å². The maximum absolute atomic E-state index is 6.00. The van der Waals surface area contributed by atoms with Gasteiger partial charge >= 0.3 is 0 Å². The Bertz CT molecular complexity index is 660. The standard InChI is InChI=1S/C12H14N4S/c1-16-11-9(10(13)14-6-15-11)7-4-2-3-5-8(7)12(16)17/h6H,2-5H2,1H3,(H2,13,14,15). The molecule has 0 saturated carbocycles. The van der Waals surface area contributed by atoms with Crippen LogP contribution in [-0.4, -0.2) is 14.5 Å². The molecule has 0 atom stereocenters. The van der Waals surface area contributed by atoms with E-state index in [9.17, 15) is 0 Å². The van der Waals surface area contributed by atoms with Gasteiger partial charge in [0.15, 0.2) is 0 Å². The Hall–Kier alpha value is -1.49. The van der Waals surface area contributed by atoms with E-state index in [1.807, 2.05) is 11.6 Å². The average molecular weight is 246 g/mol. The number of rotatable bonds is 0. The maximum Gasteiger partial charge on any atom is 0.146 e. The fourth-order valence-electron chi connectivity index (χ4n) is 2.65. The molecule has 0 spiro atoms. The van der Waals surface area contributed by atoms with Gasteiger partial charge in [0.05, 0.1) is 5.39 Å². The highest BCUT2D eigenvalue weighted by molar-refractivity contribution is 7.71. The zero-order chi connectivity index (χ0) is 12.0. The molecule has 17 heavy (non-hydrogen) atoms. The van der Waals surface area contributed by atoms with Crippen LogP contribution in [0.15, 0.2) is 6.33 Å². The molecule has 2 aromatic heterocycles. The molecule has 0 aromatic carbocycles. The summed E-state index contributed by atoms with van der Waals surface area (Å²) in [4.78, 5) is 8.42. The van der Waals surface area contributed by atoms with E-state index in [0.717, 1.165) is 28.5 Å². The molecule has 0 saturated heterocycles. The molecule has 0 radical (unpaired) electrons. The number of nitrogens with zero attached hydrogens (tertiary/aromatic N) is 3. The molecule has 88 valence electrons. The lowest BCUT2D eigenvalue weighted by atomic mass is 9.91. The fraction of sp³-hybridized carbons (Fsp3) is 0.417. The van der Waals surface area contributed by atoms with Crippen molar-refractivity contribution in [2.24, 2.45) is 7.05 Å². The summed E-state index contributed by atoms with van der Waals surface area (Å²) in [5.41, 5.74) is 9.39. The van der Waals surface area contributed by atoms with Gasteiger partial charge < -0.3 is 10.3 Å². The van der Waals surface area contributed by atoms with Crippen molar-refractivity contribution in [2.45, 2.75) is 25.7 Å². The number of aromatic nitrogens is 3. The van der Waals surface area contributed by atoms with E-state index >= 15 is 0 Å². The van der Waals surface area contributed by atoms with E-state index in [-0.39, 0.29) is 0 Å². The van der Waals surface area contributed by atoms with Crippen LogP contribution in [0, 0.1) is 4.64 Å². The fourth-order valence-corrected chi connectivity index (χ4v) is 2.96. The molecule has 0 fully saturated rings. The van der Waals surface area contributed by atoms with Crippen molar-refractivity contribution in [3.63, 3.8) is 0 Å². The molecular formula is C12H14N4S. The van der Waals surface area contributed by atoms with Gasteiger partial charge in [0.25, 0.3) is 0 Å². The number of anilines is 1. The zero-order valence-corrected chi connectivity index (χ0v) is 10.5. The lowest BCUT2D eigenvalue weighted by molar-refractivity contribution is 0.677. The third kappa shape index (κ3) is 1.45. The normalized spacial score (nSPS) is 14.9. The monoisotopic (exact) mass is 246 g/mol. The summed E-state index contributed by atoms with van der Waals surface area (Å²) >= 11 is 5.51. The van der Waals surface area contributed by atoms with E-state index in [2.05, 4.69) is 9.97 Å². The average Bonchev–Trinajstić information content (AvgIpc) is 2.36. The van der Waals surface area contributed by atoms with Crippen LogP contribution in [-0.2, 0) is 19.9 Å². The Morgan fingerprint density at radius 2 is 1.94 bits per heavy atom. The number of nitrogen functional groups attached to an aromatic ring is 1. The second kappa shape index (κ2) is 3.77. The first-order valence-electron chi connectivity index (χ1n) is 5.81. The molecule has 1 aliphatic rings. The van der Waals surface area contributed by atoms with Gasteiger partial charge in [-0.1, -0.05) is 12.2 Å². The minimum Gasteiger partial charge on any atom is -0.383 e. The number of hydrogen-bond donors (Lipinski definition) is 1. The predicted molar refractivity (Wildman–Crippen MR) is 70.4 cm³/mol. The number of aryl methyl sites for hydroxylation is 2. The Morgan fingerprint density at radius 3 is 2.71 bits per heavy atom. The van der Waals surface area contributed by atoms with E-state index in [1.165, 1.54) is 30.3 Å². The van der Waals surface area contributed by atoms with Crippen LogP contribution in [0.3, 0.4) is 0 Å². The van der Waals surface area contributed by atoms with Crippen LogP contribution in [0.25, 0.3) is 11.0 Å². The first-order chi connectivity index (χ1) is 8.20. The van der Waals surface area contributed by atoms with Gasteiger partial charge in [-0.25, -0.2) is 9.97 Å². The molecule has 1 aliphatic carbocycles. The molecule has 0 unspecified atom stereocenters. The molecule has 5 heteroatoms. The summed E-state index contributed by atoms with van der Waals surface area (Å²) in [6, 6.07) is 0. The van der Waals surface area contributed by atoms with Gasteiger partial charge in [-0.05, 0) is 36.8 Å². The molecule has 0 aliphatic heterocycles. The van der Waals surface area contributed by atoms with Crippen LogP contribution >= 0.6 is 12.2 Å². The van der Waals surface area contributed by atoms with Crippen molar-refractivity contribution < 1.29 is 0 Å². The van der Waals surface area contributed by atoms with Crippen LogP contribution < -0.4 is 5.73 Å². The van der Waals surface area contributed by atoms with Crippen molar-refractivity contribution >= 4 is 29.1 Å². The van der Waals surface area contributed by atoms with Gasteiger partial charge in [-0.15, -0.1) is 0 Å². The molecule has 3 rings (SSSR count). The zero-order valence-electron chi connectivity index (χ0n) is 9.73. The Labute approximate surface area is 104 Å². The highest BCUT2D eigenvalue weighted by Gasteiger charge is 2.18. The van der Waals surface area contributed by atoms with Crippen molar-refractivity contribution in [1.82, 2.24) is 14.5 Å². The summed E-state index contributed by atoms with van der Waals surface area (Å²) in [6.07, 6.45) is 5.98. The van der Waals surface area contributed by atoms with Crippen molar-refractivity contribution in [3.05, 3.63) is 22.1 Å². The molecular weight excluding hydrogens is 232 g/mol. The van der Waals surface area contributed by atoms with Gasteiger partial charge in [-0.3, -0.25) is 0 Å². The summed E-state index contributed by atoms with van der Waals surface area (Å²) in [5, 5.41) is 0.998. The van der Waals surface area contributed by atoms with Crippen LogP contribution in [0.2, 0.25) is 0 Å². The second-order valence-corrected chi connectivity index (χ2v) is 4.87. The summed E-state index contributed by atoms with van der Waals surface area (Å²) in [5.74, 6) is 0.568. The Balaban J connectivity index is 2.55. The van der Waals surface area contributed by atoms with Gasteiger partial charge in [-0.2, -0.15) is 0 Å². The minimum absolute atomic E-state index is 0.568. The highest BCUT2D eigenvalue weighted by atomic mass is 32.1. The van der Waals surface area contributed by atoms with E-state index in [4.69, 9.17) is 18.0 Å². The first-order valence-corrected chi connectivity index (χ1v) is 6.22. The molecule has 2 heterocycles. The van der Waals surface area contributed by atoms with Crippen molar-refractivity contribution in [1.29, 1.82) is 0 Å². The van der Waals surface area contributed by atoms with Gasteiger partial charge in [0.2, 0.25) is 0 Å². The lowest BCUT2D eigenvalue weighted by Crippen LogP contribution is -2.12. The van der Waals surface area contributed by atoms with Crippen molar-refractivity contribution in [3.8, 4) is 0 Å². The predicted octanol–water partition coefficient (Wildman–Crippen LogP) is 2.16. The SMILES string of the molecule is Cn1c(=S)c2c(c3c(N)ncnc31)CCCC2. The molecule has 2 N–H and O–H groups in total. The number of pyridine rings is 1. The summed E-state index contributed by atoms with van der Waals surface area (Å²) in [7, 11) is 1.95. The van der Waals surface area contributed by atoms with Crippen LogP contribution in [0.1, 0.15) is 24.0 Å². The van der Waals surface area contributed by atoms with Crippen LogP contribution in [0.4, 0.5) is 5.82 Å². The number of fused-ring (bicyclic) bond motifs is 3. The van der Waals surface area contributed by atoms with E-state index in [0.29, 0.717) is 5.82 Å². The topological polar surface area (TPSA) is 56.7 Å². The second-order valence-electron chi connectivity index (χ2n) is 4.49. The Kier molecular flexibility index (Phi) is 2.36. The van der Waals surface area contributed by atoms with Gasteiger partial charge in [0.1, 0.15) is 22.4 Å². The smallest absolute Gasteiger partial charge is 0.146 e. The Morgan fingerprint density at radius 1 is 1.24 bits per heavy atom. The first kappa shape index (κ1) is 10.7.